The Labute approximate surface area is 111 Å². The van der Waals surface area contributed by atoms with E-state index >= 15 is 0 Å². The van der Waals surface area contributed by atoms with Crippen molar-refractivity contribution in [2.45, 2.75) is 32.8 Å². The third kappa shape index (κ3) is 3.43. The summed E-state index contributed by atoms with van der Waals surface area (Å²) in [6.45, 7) is 4.57. The van der Waals surface area contributed by atoms with Gasteiger partial charge < -0.3 is 15.2 Å². The first-order chi connectivity index (χ1) is 8.53. The second-order valence-electron chi connectivity index (χ2n) is 4.89. The van der Waals surface area contributed by atoms with E-state index in [1.54, 1.807) is 0 Å². The highest BCUT2D eigenvalue weighted by molar-refractivity contribution is 6.28. The lowest BCUT2D eigenvalue weighted by atomic mass is 10.1. The Hall–Kier alpha value is -1.14. The number of aliphatic hydroxyl groups is 1. The van der Waals surface area contributed by atoms with Gasteiger partial charge in [0.05, 0.1) is 12.7 Å². The highest BCUT2D eigenvalue weighted by Gasteiger charge is 2.41. The second kappa shape index (κ2) is 5.24. The van der Waals surface area contributed by atoms with Crippen LogP contribution in [0.2, 0.25) is 5.28 Å². The van der Waals surface area contributed by atoms with Gasteiger partial charge in [0, 0.05) is 12.0 Å². The van der Waals surface area contributed by atoms with E-state index in [9.17, 15) is 5.11 Å². The molecule has 1 fully saturated rings. The summed E-state index contributed by atoms with van der Waals surface area (Å²) in [4.78, 5) is 12.0. The van der Waals surface area contributed by atoms with Crippen molar-refractivity contribution in [2.75, 3.05) is 18.5 Å². The summed E-state index contributed by atoms with van der Waals surface area (Å²) < 4.78 is 5.37. The van der Waals surface area contributed by atoms with Gasteiger partial charge in [-0.15, -0.1) is 0 Å². The Bertz CT molecular complexity index is 424. The number of nitrogens with one attached hydrogen (secondary N) is 1. The number of ether oxygens (including phenoxy) is 1. The molecule has 6 nitrogen and oxygen atoms in total. The lowest BCUT2D eigenvalue weighted by molar-refractivity contribution is 0.218. The fraction of sp³-hybridized carbons (Fsp3) is 0.727. The molecule has 1 aliphatic carbocycles. The van der Waals surface area contributed by atoms with Crippen molar-refractivity contribution in [3.63, 3.8) is 0 Å². The molecule has 100 valence electrons. The largest absolute Gasteiger partial charge is 0.461 e. The van der Waals surface area contributed by atoms with Crippen LogP contribution < -0.4 is 10.1 Å². The first-order valence-corrected chi connectivity index (χ1v) is 6.34. The number of hydrogen-bond donors (Lipinski definition) is 2. The second-order valence-corrected chi connectivity index (χ2v) is 5.23. The van der Waals surface area contributed by atoms with Crippen LogP contribution in [0.1, 0.15) is 26.7 Å². The maximum absolute atomic E-state index is 9.22. The zero-order valence-electron chi connectivity index (χ0n) is 10.5. The number of halogens is 1. The zero-order chi connectivity index (χ0) is 13.2. The van der Waals surface area contributed by atoms with Gasteiger partial charge in [-0.2, -0.15) is 15.0 Å². The normalized spacial score (nSPS) is 16.7. The molecular weight excluding hydrogens is 256 g/mol. The molecule has 1 heterocycles. The van der Waals surface area contributed by atoms with Crippen LogP contribution in [0.4, 0.5) is 5.95 Å². The standard InChI is InChI=1S/C11H17ClN4O2/c1-7(2)18-10-15-8(12)14-9(16-10)13-5-11(6-17)3-4-11/h7,17H,3-6H2,1-2H3,(H,13,14,15,16). The molecule has 2 rings (SSSR count). The fourth-order valence-electron chi connectivity index (χ4n) is 1.51. The molecule has 18 heavy (non-hydrogen) atoms. The predicted molar refractivity (Wildman–Crippen MR) is 67.8 cm³/mol. The third-order valence-electron chi connectivity index (χ3n) is 2.84. The molecular formula is C11H17ClN4O2. The smallest absolute Gasteiger partial charge is 0.322 e. The van der Waals surface area contributed by atoms with Crippen LogP contribution in [-0.4, -0.2) is 39.3 Å². The van der Waals surface area contributed by atoms with Crippen molar-refractivity contribution in [1.29, 1.82) is 0 Å². The minimum Gasteiger partial charge on any atom is -0.461 e. The molecule has 1 aromatic heterocycles. The molecule has 7 heteroatoms. The Morgan fingerprint density at radius 2 is 2.11 bits per heavy atom. The van der Waals surface area contributed by atoms with Crippen molar-refractivity contribution in [3.8, 4) is 6.01 Å². The molecule has 0 aliphatic heterocycles. The maximum Gasteiger partial charge on any atom is 0.322 e. The van der Waals surface area contributed by atoms with E-state index in [0.29, 0.717) is 12.5 Å². The van der Waals surface area contributed by atoms with Crippen LogP contribution in [0.15, 0.2) is 0 Å². The Kier molecular flexibility index (Phi) is 3.87. The van der Waals surface area contributed by atoms with Gasteiger partial charge in [-0.05, 0) is 38.3 Å². The van der Waals surface area contributed by atoms with Crippen LogP contribution in [-0.2, 0) is 0 Å². The first-order valence-electron chi connectivity index (χ1n) is 5.96. The van der Waals surface area contributed by atoms with Crippen molar-refractivity contribution < 1.29 is 9.84 Å². The molecule has 1 saturated carbocycles. The predicted octanol–water partition coefficient (Wildman–Crippen LogP) is 1.50. The van der Waals surface area contributed by atoms with Crippen LogP contribution in [0.25, 0.3) is 0 Å². The van der Waals surface area contributed by atoms with E-state index in [0.717, 1.165) is 12.8 Å². The Morgan fingerprint density at radius 1 is 1.39 bits per heavy atom. The quantitative estimate of drug-likeness (QED) is 0.817. The highest BCUT2D eigenvalue weighted by Crippen LogP contribution is 2.44. The van der Waals surface area contributed by atoms with Gasteiger partial charge in [-0.25, -0.2) is 0 Å². The number of aliphatic hydroxyl groups excluding tert-OH is 1. The van der Waals surface area contributed by atoms with E-state index in [-0.39, 0.29) is 29.4 Å². The minimum atomic E-state index is -0.0245. The molecule has 1 aromatic rings. The first kappa shape index (κ1) is 13.3. The molecule has 0 atom stereocenters. The summed E-state index contributed by atoms with van der Waals surface area (Å²) in [7, 11) is 0. The summed E-state index contributed by atoms with van der Waals surface area (Å²) in [6, 6.07) is 0.210. The van der Waals surface area contributed by atoms with Crippen molar-refractivity contribution >= 4 is 17.5 Å². The highest BCUT2D eigenvalue weighted by atomic mass is 35.5. The molecule has 0 amide bonds. The van der Waals surface area contributed by atoms with E-state index in [1.165, 1.54) is 0 Å². The van der Waals surface area contributed by atoms with E-state index in [1.807, 2.05) is 13.8 Å². The minimum absolute atomic E-state index is 0.0157. The lowest BCUT2D eigenvalue weighted by Crippen LogP contribution is -2.20. The summed E-state index contributed by atoms with van der Waals surface area (Å²) >= 11 is 5.80. The number of hydrogen-bond acceptors (Lipinski definition) is 6. The van der Waals surface area contributed by atoms with Crippen molar-refractivity contribution in [1.82, 2.24) is 15.0 Å². The molecule has 0 aromatic carbocycles. The van der Waals surface area contributed by atoms with Gasteiger partial charge in [0.25, 0.3) is 0 Å². The lowest BCUT2D eigenvalue weighted by Gasteiger charge is -2.13. The molecule has 0 bridgehead atoms. The average Bonchev–Trinajstić information content (AvgIpc) is 3.05. The maximum atomic E-state index is 9.22. The molecule has 1 aliphatic rings. The topological polar surface area (TPSA) is 80.2 Å². The number of aromatic nitrogens is 3. The van der Waals surface area contributed by atoms with Gasteiger partial charge in [0.15, 0.2) is 0 Å². The van der Waals surface area contributed by atoms with Crippen LogP contribution in [0.3, 0.4) is 0 Å². The van der Waals surface area contributed by atoms with Crippen LogP contribution in [0, 0.1) is 5.41 Å². The summed E-state index contributed by atoms with van der Waals surface area (Å²) in [5, 5.41) is 12.4. The van der Waals surface area contributed by atoms with E-state index in [2.05, 4.69) is 20.3 Å². The molecule has 0 radical (unpaired) electrons. The van der Waals surface area contributed by atoms with Crippen molar-refractivity contribution in [2.24, 2.45) is 5.41 Å². The zero-order valence-corrected chi connectivity index (χ0v) is 11.2. The fourth-order valence-corrected chi connectivity index (χ4v) is 1.66. The van der Waals surface area contributed by atoms with Gasteiger partial charge >= 0.3 is 6.01 Å². The Balaban J connectivity index is 2.01. The SMILES string of the molecule is CC(C)Oc1nc(Cl)nc(NCC2(CO)CC2)n1. The number of nitrogens with zero attached hydrogens (tertiary/aromatic N) is 3. The summed E-state index contributed by atoms with van der Waals surface area (Å²) in [5.41, 5.74) is -0.0157. The Morgan fingerprint density at radius 3 is 2.67 bits per heavy atom. The van der Waals surface area contributed by atoms with E-state index < -0.39 is 0 Å². The van der Waals surface area contributed by atoms with Gasteiger partial charge in [0.2, 0.25) is 11.2 Å². The average molecular weight is 273 g/mol. The monoisotopic (exact) mass is 272 g/mol. The summed E-state index contributed by atoms with van der Waals surface area (Å²) in [5.74, 6) is 0.380. The number of rotatable bonds is 6. The third-order valence-corrected chi connectivity index (χ3v) is 3.01. The molecule has 0 spiro atoms. The van der Waals surface area contributed by atoms with Crippen molar-refractivity contribution in [3.05, 3.63) is 5.28 Å². The van der Waals surface area contributed by atoms with E-state index in [4.69, 9.17) is 16.3 Å². The van der Waals surface area contributed by atoms with Gasteiger partial charge in [0.1, 0.15) is 0 Å². The summed E-state index contributed by atoms with van der Waals surface area (Å²) in [6.07, 6.45) is 2.01. The molecule has 2 N–H and O–H groups in total. The number of anilines is 1. The molecule has 0 saturated heterocycles. The van der Waals surface area contributed by atoms with Crippen LogP contribution >= 0.6 is 11.6 Å². The van der Waals surface area contributed by atoms with Gasteiger partial charge in [-0.1, -0.05) is 0 Å². The van der Waals surface area contributed by atoms with Gasteiger partial charge in [-0.3, -0.25) is 0 Å². The van der Waals surface area contributed by atoms with Crippen LogP contribution in [0.5, 0.6) is 6.01 Å². The molecule has 0 unspecified atom stereocenters.